The first-order valence-electron chi connectivity index (χ1n) is 7.54. The van der Waals surface area contributed by atoms with Crippen LogP contribution in [-0.2, 0) is 16.0 Å². The Bertz CT molecular complexity index is 519. The van der Waals surface area contributed by atoms with Crippen LogP contribution in [0.5, 0.6) is 0 Å². The van der Waals surface area contributed by atoms with Crippen molar-refractivity contribution in [3.05, 3.63) is 35.6 Å². The molecule has 22 heavy (non-hydrogen) atoms. The molecule has 5 nitrogen and oxygen atoms in total. The van der Waals surface area contributed by atoms with Crippen molar-refractivity contribution in [1.29, 1.82) is 0 Å². The van der Waals surface area contributed by atoms with Crippen molar-refractivity contribution >= 4 is 12.0 Å². The van der Waals surface area contributed by atoms with E-state index in [1.54, 1.807) is 28.9 Å². The monoisotopic (exact) mass is 308 g/mol. The number of benzene rings is 1. The molecule has 0 unspecified atom stereocenters. The van der Waals surface area contributed by atoms with E-state index in [1.165, 1.54) is 12.1 Å². The molecule has 1 saturated heterocycles. The van der Waals surface area contributed by atoms with Gasteiger partial charge in [-0.25, -0.2) is 9.18 Å². The summed E-state index contributed by atoms with van der Waals surface area (Å²) in [7, 11) is 0. The Balaban J connectivity index is 1.88. The molecule has 0 aromatic heterocycles. The first-order chi connectivity index (χ1) is 10.6. The minimum absolute atomic E-state index is 0.00248. The normalized spacial score (nSPS) is 15.4. The van der Waals surface area contributed by atoms with Crippen LogP contribution in [0.3, 0.4) is 0 Å². The van der Waals surface area contributed by atoms with E-state index in [0.29, 0.717) is 32.8 Å². The van der Waals surface area contributed by atoms with Gasteiger partial charge in [0.1, 0.15) is 5.82 Å². The van der Waals surface area contributed by atoms with Crippen LogP contribution in [0.25, 0.3) is 0 Å². The topological polar surface area (TPSA) is 49.9 Å². The van der Waals surface area contributed by atoms with Gasteiger partial charge in [0.2, 0.25) is 5.91 Å². The van der Waals surface area contributed by atoms with Crippen molar-refractivity contribution in [1.82, 2.24) is 9.80 Å². The number of ether oxygens (including phenoxy) is 1. The number of nitrogens with zero attached hydrogens (tertiary/aromatic N) is 2. The summed E-state index contributed by atoms with van der Waals surface area (Å²) in [5.74, 6) is -0.312. The van der Waals surface area contributed by atoms with E-state index in [2.05, 4.69) is 0 Å². The maximum Gasteiger partial charge on any atom is 0.409 e. The summed E-state index contributed by atoms with van der Waals surface area (Å²) >= 11 is 0. The summed E-state index contributed by atoms with van der Waals surface area (Å²) < 4.78 is 17.9. The van der Waals surface area contributed by atoms with Gasteiger partial charge in [-0.15, -0.1) is 0 Å². The first-order valence-corrected chi connectivity index (χ1v) is 7.54. The van der Waals surface area contributed by atoms with Crippen molar-refractivity contribution in [2.75, 3.05) is 32.8 Å². The maximum absolute atomic E-state index is 12.9. The molecular formula is C16H21FN2O3. The van der Waals surface area contributed by atoms with Crippen LogP contribution in [0, 0.1) is 5.82 Å². The lowest BCUT2D eigenvalue weighted by Gasteiger charge is -2.21. The highest BCUT2D eigenvalue weighted by atomic mass is 19.1. The Labute approximate surface area is 129 Å². The van der Waals surface area contributed by atoms with E-state index in [-0.39, 0.29) is 24.2 Å². The average Bonchev–Trinajstić information content (AvgIpc) is 2.76. The highest BCUT2D eigenvalue weighted by Gasteiger charge is 2.22. The Morgan fingerprint density at radius 3 is 2.41 bits per heavy atom. The van der Waals surface area contributed by atoms with Crippen LogP contribution in [0.1, 0.15) is 18.9 Å². The predicted octanol–water partition coefficient (Wildman–Crippen LogP) is 2.06. The molecule has 2 rings (SSSR count). The molecule has 1 heterocycles. The number of carbonyl (C=O) groups is 2. The molecule has 1 aliphatic heterocycles. The smallest absolute Gasteiger partial charge is 0.409 e. The Hall–Kier alpha value is -2.11. The van der Waals surface area contributed by atoms with Crippen molar-refractivity contribution in [2.45, 2.75) is 19.8 Å². The fourth-order valence-electron chi connectivity index (χ4n) is 2.45. The summed E-state index contributed by atoms with van der Waals surface area (Å²) in [6, 6.07) is 5.95. The lowest BCUT2D eigenvalue weighted by molar-refractivity contribution is -0.130. The highest BCUT2D eigenvalue weighted by molar-refractivity contribution is 5.79. The summed E-state index contributed by atoms with van der Waals surface area (Å²) in [6.07, 6.45) is 0.656. The number of carbonyl (C=O) groups excluding carboxylic acids is 2. The highest BCUT2D eigenvalue weighted by Crippen LogP contribution is 2.09. The van der Waals surface area contributed by atoms with Gasteiger partial charge < -0.3 is 14.5 Å². The van der Waals surface area contributed by atoms with Gasteiger partial charge in [0, 0.05) is 26.2 Å². The number of halogens is 1. The molecule has 1 aliphatic rings. The number of hydrogen-bond acceptors (Lipinski definition) is 3. The standard InChI is InChI=1S/C16H21FN2O3/c1-2-22-16(21)19-9-3-8-18(10-11-19)15(20)12-13-4-6-14(17)7-5-13/h4-7H,2-3,8-12H2,1H3. The molecule has 0 spiro atoms. The molecule has 0 aliphatic carbocycles. The van der Waals surface area contributed by atoms with Crippen LogP contribution in [0.2, 0.25) is 0 Å². The lowest BCUT2D eigenvalue weighted by atomic mass is 10.1. The van der Waals surface area contributed by atoms with Crippen molar-refractivity contribution in [3.63, 3.8) is 0 Å². The van der Waals surface area contributed by atoms with Gasteiger partial charge in [-0.3, -0.25) is 4.79 Å². The largest absolute Gasteiger partial charge is 0.450 e. The molecule has 6 heteroatoms. The van der Waals surface area contributed by atoms with Crippen LogP contribution in [0.4, 0.5) is 9.18 Å². The summed E-state index contributed by atoms with van der Waals surface area (Å²) in [5, 5.41) is 0. The van der Waals surface area contributed by atoms with Crippen LogP contribution in [-0.4, -0.2) is 54.6 Å². The number of hydrogen-bond donors (Lipinski definition) is 0. The second-order valence-electron chi connectivity index (χ2n) is 5.22. The minimum atomic E-state index is -0.324. The van der Waals surface area contributed by atoms with E-state index < -0.39 is 0 Å². The van der Waals surface area contributed by atoms with Crippen LogP contribution < -0.4 is 0 Å². The Morgan fingerprint density at radius 2 is 1.73 bits per heavy atom. The molecule has 120 valence electrons. The molecule has 0 N–H and O–H groups in total. The Kier molecular flexibility index (Phi) is 5.75. The zero-order valence-electron chi connectivity index (χ0n) is 12.8. The van der Waals surface area contributed by atoms with Gasteiger partial charge in [0.25, 0.3) is 0 Å². The Morgan fingerprint density at radius 1 is 1.09 bits per heavy atom. The maximum atomic E-state index is 12.9. The van der Waals surface area contributed by atoms with Gasteiger partial charge >= 0.3 is 6.09 Å². The fourth-order valence-corrected chi connectivity index (χ4v) is 2.45. The first kappa shape index (κ1) is 16.3. The van der Waals surface area contributed by atoms with Gasteiger partial charge in [0.05, 0.1) is 13.0 Å². The van der Waals surface area contributed by atoms with E-state index in [1.807, 2.05) is 0 Å². The second kappa shape index (κ2) is 7.77. The molecule has 0 saturated carbocycles. The summed E-state index contributed by atoms with van der Waals surface area (Å²) in [5.41, 5.74) is 0.790. The average molecular weight is 308 g/mol. The third kappa shape index (κ3) is 4.44. The SMILES string of the molecule is CCOC(=O)N1CCCN(C(=O)Cc2ccc(F)cc2)CC1. The van der Waals surface area contributed by atoms with E-state index in [0.717, 1.165) is 12.0 Å². The van der Waals surface area contributed by atoms with Crippen LogP contribution >= 0.6 is 0 Å². The molecule has 1 aromatic carbocycles. The van der Waals surface area contributed by atoms with Crippen molar-refractivity contribution in [3.8, 4) is 0 Å². The predicted molar refractivity (Wildman–Crippen MR) is 79.9 cm³/mol. The quantitative estimate of drug-likeness (QED) is 0.859. The molecule has 1 aromatic rings. The number of rotatable bonds is 3. The molecule has 0 radical (unpaired) electrons. The zero-order chi connectivity index (χ0) is 15.9. The zero-order valence-corrected chi connectivity index (χ0v) is 12.8. The third-order valence-electron chi connectivity index (χ3n) is 3.64. The molecule has 0 atom stereocenters. The fraction of sp³-hybridized carbons (Fsp3) is 0.500. The van der Waals surface area contributed by atoms with E-state index >= 15 is 0 Å². The minimum Gasteiger partial charge on any atom is -0.450 e. The van der Waals surface area contributed by atoms with E-state index in [9.17, 15) is 14.0 Å². The molecular weight excluding hydrogens is 287 g/mol. The second-order valence-corrected chi connectivity index (χ2v) is 5.22. The molecule has 0 bridgehead atoms. The van der Waals surface area contributed by atoms with Gasteiger partial charge in [-0.1, -0.05) is 12.1 Å². The summed E-state index contributed by atoms with van der Waals surface area (Å²) in [4.78, 5) is 27.4. The lowest BCUT2D eigenvalue weighted by Crippen LogP contribution is -2.38. The van der Waals surface area contributed by atoms with Crippen LogP contribution in [0.15, 0.2) is 24.3 Å². The van der Waals surface area contributed by atoms with Crippen molar-refractivity contribution < 1.29 is 18.7 Å². The van der Waals surface area contributed by atoms with E-state index in [4.69, 9.17) is 4.74 Å². The van der Waals surface area contributed by atoms with Gasteiger partial charge in [-0.2, -0.15) is 0 Å². The number of amides is 2. The van der Waals surface area contributed by atoms with Gasteiger partial charge in [-0.05, 0) is 31.0 Å². The van der Waals surface area contributed by atoms with Crippen molar-refractivity contribution in [2.24, 2.45) is 0 Å². The summed E-state index contributed by atoms with van der Waals surface area (Å²) in [6.45, 7) is 4.32. The third-order valence-corrected chi connectivity index (χ3v) is 3.64. The van der Waals surface area contributed by atoms with Gasteiger partial charge in [0.15, 0.2) is 0 Å². The molecule has 2 amide bonds. The molecule has 1 fully saturated rings.